The Morgan fingerprint density at radius 3 is 3.10 bits per heavy atom. The summed E-state index contributed by atoms with van der Waals surface area (Å²) >= 11 is 1.54. The predicted octanol–water partition coefficient (Wildman–Crippen LogP) is 1.80. The molecule has 0 aliphatic rings. The second-order valence-electron chi connectivity index (χ2n) is 1.70. The lowest BCUT2D eigenvalue weighted by Gasteiger charge is -1.81. The van der Waals surface area contributed by atoms with Crippen molar-refractivity contribution in [2.45, 2.75) is 0 Å². The molecule has 0 amide bonds. The van der Waals surface area contributed by atoms with Crippen LogP contribution in [0.2, 0.25) is 0 Å². The van der Waals surface area contributed by atoms with Crippen molar-refractivity contribution < 1.29 is 4.42 Å². The number of thiazole rings is 1. The van der Waals surface area contributed by atoms with Gasteiger partial charge in [0.25, 0.3) is 0 Å². The zero-order chi connectivity index (χ0) is 6.81. The van der Waals surface area contributed by atoms with Crippen LogP contribution in [0.3, 0.4) is 0 Å². The summed E-state index contributed by atoms with van der Waals surface area (Å²) in [6, 6.07) is 0. The van der Waals surface area contributed by atoms with Crippen molar-refractivity contribution in [2.24, 2.45) is 0 Å². The third kappa shape index (κ3) is 0.823. The van der Waals surface area contributed by atoms with Crippen molar-refractivity contribution in [3.8, 4) is 10.8 Å². The molecule has 0 radical (unpaired) electrons. The molecule has 2 aromatic heterocycles. The maximum absolute atomic E-state index is 5.01. The van der Waals surface area contributed by atoms with E-state index < -0.39 is 0 Å². The van der Waals surface area contributed by atoms with Crippen LogP contribution in [0.15, 0.2) is 28.6 Å². The van der Waals surface area contributed by atoms with Crippen LogP contribution in [0.25, 0.3) is 10.8 Å². The van der Waals surface area contributed by atoms with Gasteiger partial charge in [0.1, 0.15) is 0 Å². The molecule has 0 bridgehead atoms. The van der Waals surface area contributed by atoms with Crippen LogP contribution in [0.1, 0.15) is 0 Å². The lowest BCUT2D eigenvalue weighted by Crippen LogP contribution is -1.66. The Labute approximate surface area is 61.4 Å². The molecule has 3 nitrogen and oxygen atoms in total. The van der Waals surface area contributed by atoms with Crippen LogP contribution >= 0.6 is 11.3 Å². The second kappa shape index (κ2) is 2.22. The first kappa shape index (κ1) is 5.61. The minimum atomic E-state index is 0.731. The van der Waals surface area contributed by atoms with Gasteiger partial charge in [-0.05, 0) is 0 Å². The van der Waals surface area contributed by atoms with Crippen molar-refractivity contribution in [3.63, 3.8) is 0 Å². The van der Waals surface area contributed by atoms with Gasteiger partial charge in [-0.2, -0.15) is 0 Å². The highest BCUT2D eigenvalue weighted by Gasteiger charge is 2.01. The second-order valence-corrected chi connectivity index (χ2v) is 2.60. The zero-order valence-electron chi connectivity index (χ0n) is 5.02. The van der Waals surface area contributed by atoms with Crippen LogP contribution in [0.5, 0.6) is 0 Å². The molecule has 50 valence electrons. The summed E-state index contributed by atoms with van der Waals surface area (Å²) in [6.07, 6.45) is 4.79. The third-order valence-electron chi connectivity index (χ3n) is 1.08. The summed E-state index contributed by atoms with van der Waals surface area (Å²) < 4.78 is 5.01. The van der Waals surface area contributed by atoms with Crippen LogP contribution in [0, 0.1) is 0 Å². The van der Waals surface area contributed by atoms with Crippen LogP contribution in [-0.4, -0.2) is 9.97 Å². The number of hydrogen-bond acceptors (Lipinski definition) is 4. The molecule has 10 heavy (non-hydrogen) atoms. The van der Waals surface area contributed by atoms with Crippen LogP contribution in [0.4, 0.5) is 0 Å². The molecule has 0 unspecified atom stereocenters. The molecule has 0 aliphatic carbocycles. The molecular weight excluding hydrogens is 148 g/mol. The molecule has 2 aromatic rings. The number of aromatic nitrogens is 2. The van der Waals surface area contributed by atoms with E-state index in [1.165, 1.54) is 17.7 Å². The van der Waals surface area contributed by atoms with Crippen molar-refractivity contribution in [2.75, 3.05) is 0 Å². The van der Waals surface area contributed by atoms with Crippen molar-refractivity contribution in [1.82, 2.24) is 9.97 Å². The van der Waals surface area contributed by atoms with E-state index in [1.54, 1.807) is 12.4 Å². The van der Waals surface area contributed by atoms with Gasteiger partial charge in [0.15, 0.2) is 17.2 Å². The van der Waals surface area contributed by atoms with E-state index in [2.05, 4.69) is 9.97 Å². The predicted molar refractivity (Wildman–Crippen MR) is 37.6 cm³/mol. The van der Waals surface area contributed by atoms with Gasteiger partial charge < -0.3 is 4.42 Å². The van der Waals surface area contributed by atoms with Crippen molar-refractivity contribution in [3.05, 3.63) is 24.2 Å². The summed E-state index contributed by atoms with van der Waals surface area (Å²) in [5, 5.41) is 2.77. The average molecular weight is 152 g/mol. The normalized spacial score (nSPS) is 10.0. The minimum absolute atomic E-state index is 0.731. The molecule has 0 atom stereocenters. The first-order valence-electron chi connectivity index (χ1n) is 2.75. The van der Waals surface area contributed by atoms with Gasteiger partial charge >= 0.3 is 0 Å². The van der Waals surface area contributed by atoms with Crippen LogP contribution in [-0.2, 0) is 0 Å². The highest BCUT2D eigenvalue weighted by atomic mass is 32.1. The molecule has 0 spiro atoms. The van der Waals surface area contributed by atoms with Gasteiger partial charge in [-0.15, -0.1) is 11.3 Å². The highest BCUT2D eigenvalue weighted by molar-refractivity contribution is 7.13. The largest absolute Gasteiger partial charge is 0.441 e. The monoisotopic (exact) mass is 152 g/mol. The van der Waals surface area contributed by atoms with E-state index in [0.29, 0.717) is 0 Å². The van der Waals surface area contributed by atoms with Gasteiger partial charge in [0.05, 0.1) is 6.20 Å². The Bertz CT molecular complexity index is 255. The number of rotatable bonds is 1. The molecule has 0 aromatic carbocycles. The lowest BCUT2D eigenvalue weighted by atomic mass is 10.5. The van der Waals surface area contributed by atoms with E-state index in [1.807, 2.05) is 5.38 Å². The third-order valence-corrected chi connectivity index (χ3v) is 1.86. The summed E-state index contributed by atoms with van der Waals surface area (Å²) in [6.45, 7) is 0. The molecule has 2 heterocycles. The fraction of sp³-hybridized carbons (Fsp3) is 0. The molecule has 4 heteroatoms. The molecule has 0 saturated carbocycles. The van der Waals surface area contributed by atoms with Gasteiger partial charge in [0.2, 0.25) is 0 Å². The molecule has 0 aliphatic heterocycles. The summed E-state index contributed by atoms with van der Waals surface area (Å²) in [7, 11) is 0. The Morgan fingerprint density at radius 2 is 2.50 bits per heavy atom. The Morgan fingerprint density at radius 1 is 1.50 bits per heavy atom. The fourth-order valence-electron chi connectivity index (χ4n) is 0.667. The summed E-state index contributed by atoms with van der Waals surface area (Å²) in [5.41, 5.74) is 0. The van der Waals surface area contributed by atoms with E-state index in [9.17, 15) is 0 Å². The zero-order valence-corrected chi connectivity index (χ0v) is 5.84. The SMILES string of the molecule is c1csc(-c2cnco2)n1. The molecule has 2 rings (SSSR count). The number of oxazole rings is 1. The van der Waals surface area contributed by atoms with E-state index in [-0.39, 0.29) is 0 Å². The molecule has 0 fully saturated rings. The first-order valence-corrected chi connectivity index (χ1v) is 3.63. The number of hydrogen-bond donors (Lipinski definition) is 0. The van der Waals surface area contributed by atoms with Crippen molar-refractivity contribution in [1.29, 1.82) is 0 Å². The standard InChI is InChI=1S/C6H4N2OS/c1-2-10-6(8-1)5-3-7-4-9-5/h1-4H. The quantitative estimate of drug-likeness (QED) is 0.625. The van der Waals surface area contributed by atoms with E-state index >= 15 is 0 Å². The lowest BCUT2D eigenvalue weighted by molar-refractivity contribution is 0.571. The van der Waals surface area contributed by atoms with Gasteiger partial charge in [-0.1, -0.05) is 0 Å². The average Bonchev–Trinajstić information content (AvgIpc) is 2.59. The van der Waals surface area contributed by atoms with Crippen LogP contribution < -0.4 is 0 Å². The molecule has 0 saturated heterocycles. The molecular formula is C6H4N2OS. The smallest absolute Gasteiger partial charge is 0.182 e. The summed E-state index contributed by atoms with van der Waals surface area (Å²) in [4.78, 5) is 7.82. The van der Waals surface area contributed by atoms with Gasteiger partial charge in [0, 0.05) is 11.6 Å². The Balaban J connectivity index is 2.48. The first-order chi connectivity index (χ1) is 4.97. The molecule has 0 N–H and O–H groups in total. The van der Waals surface area contributed by atoms with E-state index in [0.717, 1.165) is 10.8 Å². The Hall–Kier alpha value is -1.16. The number of nitrogens with zero attached hydrogens (tertiary/aromatic N) is 2. The summed E-state index contributed by atoms with van der Waals surface area (Å²) in [5.74, 6) is 0.731. The van der Waals surface area contributed by atoms with Gasteiger partial charge in [-0.3, -0.25) is 0 Å². The minimum Gasteiger partial charge on any atom is -0.441 e. The van der Waals surface area contributed by atoms with E-state index in [4.69, 9.17) is 4.42 Å². The highest BCUT2D eigenvalue weighted by Crippen LogP contribution is 2.19. The fourth-order valence-corrected chi connectivity index (χ4v) is 1.26. The van der Waals surface area contributed by atoms with Crippen molar-refractivity contribution >= 4 is 11.3 Å². The maximum Gasteiger partial charge on any atom is 0.182 e. The van der Waals surface area contributed by atoms with Gasteiger partial charge in [-0.25, -0.2) is 9.97 Å². The Kier molecular flexibility index (Phi) is 1.25. The maximum atomic E-state index is 5.01. The topological polar surface area (TPSA) is 38.9 Å².